The highest BCUT2D eigenvalue weighted by Crippen LogP contribution is 2.12. The van der Waals surface area contributed by atoms with E-state index in [1.54, 1.807) is 17.5 Å². The second kappa shape index (κ2) is 5.72. The van der Waals surface area contributed by atoms with Gasteiger partial charge in [-0.05, 0) is 24.6 Å². The van der Waals surface area contributed by atoms with E-state index in [0.717, 1.165) is 25.0 Å². The maximum atomic E-state index is 5.49. The number of pyridine rings is 1. The summed E-state index contributed by atoms with van der Waals surface area (Å²) in [5.74, 6) is 0. The van der Waals surface area contributed by atoms with Crippen LogP contribution in [-0.4, -0.2) is 16.5 Å². The average molecular weight is 233 g/mol. The SMILES string of the molecule is NCCc1csc(CCc2cccnc2)n1. The lowest BCUT2D eigenvalue weighted by Gasteiger charge is -1.97. The Kier molecular flexibility index (Phi) is 4.02. The maximum Gasteiger partial charge on any atom is 0.0931 e. The molecule has 2 N–H and O–H groups in total. The van der Waals surface area contributed by atoms with Crippen LogP contribution >= 0.6 is 11.3 Å². The van der Waals surface area contributed by atoms with Crippen LogP contribution in [0.15, 0.2) is 29.9 Å². The van der Waals surface area contributed by atoms with Crippen molar-refractivity contribution < 1.29 is 0 Å². The van der Waals surface area contributed by atoms with Gasteiger partial charge in [0.15, 0.2) is 0 Å². The minimum absolute atomic E-state index is 0.672. The fraction of sp³-hybridized carbons (Fsp3) is 0.333. The van der Waals surface area contributed by atoms with Gasteiger partial charge < -0.3 is 5.73 Å². The largest absolute Gasteiger partial charge is 0.330 e. The van der Waals surface area contributed by atoms with Crippen molar-refractivity contribution in [3.05, 3.63) is 46.2 Å². The lowest BCUT2D eigenvalue weighted by molar-refractivity contribution is 0.890. The Balaban J connectivity index is 1.89. The fourth-order valence-corrected chi connectivity index (χ4v) is 2.36. The van der Waals surface area contributed by atoms with Crippen molar-refractivity contribution in [3.63, 3.8) is 0 Å². The molecule has 84 valence electrons. The highest BCUT2D eigenvalue weighted by atomic mass is 32.1. The Morgan fingerprint density at radius 3 is 2.94 bits per heavy atom. The molecule has 2 heterocycles. The zero-order valence-electron chi connectivity index (χ0n) is 9.10. The third-order valence-electron chi connectivity index (χ3n) is 2.35. The summed E-state index contributed by atoms with van der Waals surface area (Å²) in [6, 6.07) is 4.07. The Hall–Kier alpha value is -1.26. The molecule has 2 aromatic rings. The Morgan fingerprint density at radius 2 is 2.19 bits per heavy atom. The normalized spacial score (nSPS) is 10.6. The highest BCUT2D eigenvalue weighted by molar-refractivity contribution is 7.09. The first kappa shape index (κ1) is 11.2. The number of aryl methyl sites for hydroxylation is 2. The van der Waals surface area contributed by atoms with Crippen LogP contribution < -0.4 is 5.73 Å². The molecule has 0 saturated heterocycles. The molecule has 0 bridgehead atoms. The lowest BCUT2D eigenvalue weighted by Crippen LogP contribution is -2.03. The quantitative estimate of drug-likeness (QED) is 0.857. The zero-order chi connectivity index (χ0) is 11.2. The van der Waals surface area contributed by atoms with Crippen LogP contribution in [0.3, 0.4) is 0 Å². The van der Waals surface area contributed by atoms with Crippen molar-refractivity contribution >= 4 is 11.3 Å². The molecule has 0 saturated carbocycles. The van der Waals surface area contributed by atoms with Gasteiger partial charge in [0.25, 0.3) is 0 Å². The molecular formula is C12H15N3S. The van der Waals surface area contributed by atoms with E-state index in [-0.39, 0.29) is 0 Å². The monoisotopic (exact) mass is 233 g/mol. The van der Waals surface area contributed by atoms with E-state index in [9.17, 15) is 0 Å². The molecule has 0 atom stereocenters. The van der Waals surface area contributed by atoms with E-state index in [2.05, 4.69) is 21.4 Å². The van der Waals surface area contributed by atoms with Crippen molar-refractivity contribution in [2.45, 2.75) is 19.3 Å². The van der Waals surface area contributed by atoms with Gasteiger partial charge in [-0.1, -0.05) is 6.07 Å². The molecule has 0 fully saturated rings. The third-order valence-corrected chi connectivity index (χ3v) is 3.31. The standard InChI is InChI=1S/C12H15N3S/c13-6-5-11-9-16-12(15-11)4-3-10-2-1-7-14-8-10/h1-2,7-9H,3-6,13H2. The third kappa shape index (κ3) is 3.12. The van der Waals surface area contributed by atoms with Crippen molar-refractivity contribution in [1.29, 1.82) is 0 Å². The number of nitrogens with two attached hydrogens (primary N) is 1. The summed E-state index contributed by atoms with van der Waals surface area (Å²) in [4.78, 5) is 8.63. The predicted octanol–water partition coefficient (Wildman–Crippen LogP) is 1.82. The lowest BCUT2D eigenvalue weighted by atomic mass is 10.2. The molecule has 0 aliphatic carbocycles. The van der Waals surface area contributed by atoms with Gasteiger partial charge in [0, 0.05) is 30.6 Å². The van der Waals surface area contributed by atoms with Gasteiger partial charge in [0.05, 0.1) is 10.7 Å². The van der Waals surface area contributed by atoms with Crippen LogP contribution in [0.2, 0.25) is 0 Å². The van der Waals surface area contributed by atoms with Crippen molar-refractivity contribution in [2.24, 2.45) is 5.73 Å². The van der Waals surface area contributed by atoms with Crippen LogP contribution in [0.1, 0.15) is 16.3 Å². The minimum Gasteiger partial charge on any atom is -0.330 e. The van der Waals surface area contributed by atoms with E-state index in [1.165, 1.54) is 10.6 Å². The summed E-state index contributed by atoms with van der Waals surface area (Å²) in [5, 5.41) is 3.29. The highest BCUT2D eigenvalue weighted by Gasteiger charge is 2.01. The molecule has 3 nitrogen and oxygen atoms in total. The Morgan fingerprint density at radius 1 is 1.25 bits per heavy atom. The topological polar surface area (TPSA) is 51.8 Å². The van der Waals surface area contributed by atoms with Crippen LogP contribution in [-0.2, 0) is 19.3 Å². The Labute approximate surface area is 99.4 Å². The molecule has 4 heteroatoms. The number of thiazole rings is 1. The Bertz CT molecular complexity index is 425. The summed E-state index contributed by atoms with van der Waals surface area (Å²) >= 11 is 1.72. The number of nitrogens with zero attached hydrogens (tertiary/aromatic N) is 2. The van der Waals surface area contributed by atoms with E-state index < -0.39 is 0 Å². The number of hydrogen-bond donors (Lipinski definition) is 1. The molecule has 0 aliphatic heterocycles. The first-order valence-corrected chi connectivity index (χ1v) is 6.28. The molecule has 2 aromatic heterocycles. The van der Waals surface area contributed by atoms with E-state index in [1.807, 2.05) is 12.3 Å². The maximum absolute atomic E-state index is 5.49. The predicted molar refractivity (Wildman–Crippen MR) is 66.5 cm³/mol. The minimum atomic E-state index is 0.672. The van der Waals surface area contributed by atoms with E-state index >= 15 is 0 Å². The first-order valence-electron chi connectivity index (χ1n) is 5.41. The van der Waals surface area contributed by atoms with E-state index in [4.69, 9.17) is 5.73 Å². The molecule has 0 amide bonds. The van der Waals surface area contributed by atoms with Gasteiger partial charge in [-0.3, -0.25) is 4.98 Å². The summed E-state index contributed by atoms with van der Waals surface area (Å²) < 4.78 is 0. The van der Waals surface area contributed by atoms with Gasteiger partial charge in [-0.25, -0.2) is 4.98 Å². The van der Waals surface area contributed by atoms with E-state index in [0.29, 0.717) is 6.54 Å². The van der Waals surface area contributed by atoms with Gasteiger partial charge in [0.2, 0.25) is 0 Å². The average Bonchev–Trinajstić information content (AvgIpc) is 2.76. The van der Waals surface area contributed by atoms with Crippen molar-refractivity contribution in [3.8, 4) is 0 Å². The molecule has 0 spiro atoms. The second-order valence-corrected chi connectivity index (χ2v) is 4.58. The smallest absolute Gasteiger partial charge is 0.0931 e. The van der Waals surface area contributed by atoms with Gasteiger partial charge in [-0.15, -0.1) is 11.3 Å². The van der Waals surface area contributed by atoms with Crippen LogP contribution in [0.25, 0.3) is 0 Å². The molecular weight excluding hydrogens is 218 g/mol. The summed E-state index contributed by atoms with van der Waals surface area (Å²) in [6.07, 6.45) is 6.58. The number of hydrogen-bond acceptors (Lipinski definition) is 4. The number of rotatable bonds is 5. The molecule has 0 aromatic carbocycles. The van der Waals surface area contributed by atoms with Crippen LogP contribution in [0.5, 0.6) is 0 Å². The molecule has 0 aliphatic rings. The van der Waals surface area contributed by atoms with Crippen LogP contribution in [0, 0.1) is 0 Å². The van der Waals surface area contributed by atoms with Gasteiger partial charge >= 0.3 is 0 Å². The van der Waals surface area contributed by atoms with Crippen molar-refractivity contribution in [2.75, 3.05) is 6.54 Å². The van der Waals surface area contributed by atoms with Gasteiger partial charge in [0.1, 0.15) is 0 Å². The molecule has 0 unspecified atom stereocenters. The summed E-state index contributed by atoms with van der Waals surface area (Å²) in [7, 11) is 0. The van der Waals surface area contributed by atoms with Crippen molar-refractivity contribution in [1.82, 2.24) is 9.97 Å². The molecule has 16 heavy (non-hydrogen) atoms. The summed E-state index contributed by atoms with van der Waals surface area (Å²) in [5.41, 5.74) is 7.87. The number of aromatic nitrogens is 2. The first-order chi connectivity index (χ1) is 7.88. The second-order valence-electron chi connectivity index (χ2n) is 3.63. The fourth-order valence-electron chi connectivity index (χ4n) is 1.52. The zero-order valence-corrected chi connectivity index (χ0v) is 9.91. The van der Waals surface area contributed by atoms with Crippen LogP contribution in [0.4, 0.5) is 0 Å². The molecule has 0 radical (unpaired) electrons. The van der Waals surface area contributed by atoms with Gasteiger partial charge in [-0.2, -0.15) is 0 Å². The summed E-state index contributed by atoms with van der Waals surface area (Å²) in [6.45, 7) is 0.672. The molecule has 2 rings (SSSR count).